The lowest BCUT2D eigenvalue weighted by molar-refractivity contribution is -0.116. The molecule has 0 aromatic heterocycles. The summed E-state index contributed by atoms with van der Waals surface area (Å²) in [5, 5.41) is 24.1. The summed E-state index contributed by atoms with van der Waals surface area (Å²) in [7, 11) is 0. The second-order valence-corrected chi connectivity index (χ2v) is 6.89. The number of aryl methyl sites for hydroxylation is 2. The molecular formula is C21H27NO5. The minimum absolute atomic E-state index is 0.00666. The number of aliphatic hydroxyl groups excluding tert-OH is 1. The lowest BCUT2D eigenvalue weighted by Crippen LogP contribution is -2.25. The second kappa shape index (κ2) is 8.37. The molecule has 146 valence electrons. The van der Waals surface area contributed by atoms with Crippen LogP contribution in [0.4, 0.5) is 0 Å². The highest BCUT2D eigenvalue weighted by Gasteiger charge is 2.33. The zero-order chi connectivity index (χ0) is 20.3. The number of aliphatic hydroxyl groups is 1. The number of rotatable bonds is 6. The highest BCUT2D eigenvalue weighted by Crippen LogP contribution is 2.39. The summed E-state index contributed by atoms with van der Waals surface area (Å²) in [6.45, 7) is 9.49. The summed E-state index contributed by atoms with van der Waals surface area (Å²) in [4.78, 5) is 29.5. The summed E-state index contributed by atoms with van der Waals surface area (Å²) >= 11 is 0. The molecule has 1 atom stereocenters. The normalized spacial score (nSPS) is 18.0. The van der Waals surface area contributed by atoms with E-state index in [9.17, 15) is 19.8 Å². The maximum absolute atomic E-state index is 12.8. The first-order valence-corrected chi connectivity index (χ1v) is 9.21. The Morgan fingerprint density at radius 3 is 2.41 bits per heavy atom. The number of hydrogen-bond donors (Lipinski definition) is 2. The van der Waals surface area contributed by atoms with Crippen LogP contribution in [-0.4, -0.2) is 34.3 Å². The largest absolute Gasteiger partial charge is 0.511 e. The molecule has 27 heavy (non-hydrogen) atoms. The molecule has 1 aromatic rings. The SMILES string of the molecule is CCO/N=C(/CC)C1=C(O)CC(c2c(C)cc(C)c(C(=O)O)c2C)CC1=O. The highest BCUT2D eigenvalue weighted by atomic mass is 16.6. The maximum Gasteiger partial charge on any atom is 0.336 e. The Bertz CT molecular complexity index is 835. The first kappa shape index (κ1) is 20.7. The molecule has 1 aromatic carbocycles. The van der Waals surface area contributed by atoms with E-state index in [0.717, 1.165) is 11.1 Å². The van der Waals surface area contributed by atoms with Gasteiger partial charge in [0, 0.05) is 12.8 Å². The van der Waals surface area contributed by atoms with E-state index in [1.165, 1.54) is 0 Å². The molecule has 6 heteroatoms. The third kappa shape index (κ3) is 4.04. The van der Waals surface area contributed by atoms with Gasteiger partial charge < -0.3 is 15.1 Å². The number of hydrogen-bond acceptors (Lipinski definition) is 5. The van der Waals surface area contributed by atoms with Crippen molar-refractivity contribution in [3.05, 3.63) is 45.2 Å². The summed E-state index contributed by atoms with van der Waals surface area (Å²) < 4.78 is 0. The van der Waals surface area contributed by atoms with Gasteiger partial charge in [-0.1, -0.05) is 18.1 Å². The molecule has 6 nitrogen and oxygen atoms in total. The highest BCUT2D eigenvalue weighted by molar-refractivity contribution is 6.23. The third-order valence-electron chi connectivity index (χ3n) is 5.02. The van der Waals surface area contributed by atoms with Gasteiger partial charge in [0.25, 0.3) is 0 Å². The van der Waals surface area contributed by atoms with Crippen LogP contribution < -0.4 is 0 Å². The molecule has 0 bridgehead atoms. The van der Waals surface area contributed by atoms with Crippen LogP contribution >= 0.6 is 0 Å². The van der Waals surface area contributed by atoms with Crippen molar-refractivity contribution in [3.8, 4) is 0 Å². The molecule has 0 aliphatic heterocycles. The zero-order valence-electron chi connectivity index (χ0n) is 16.5. The Labute approximate surface area is 159 Å². The van der Waals surface area contributed by atoms with E-state index < -0.39 is 5.97 Å². The molecule has 2 rings (SSSR count). The number of benzene rings is 1. The van der Waals surface area contributed by atoms with Gasteiger partial charge in [0.05, 0.1) is 16.8 Å². The van der Waals surface area contributed by atoms with Crippen molar-refractivity contribution in [2.45, 2.75) is 59.8 Å². The van der Waals surface area contributed by atoms with Gasteiger partial charge in [-0.05, 0) is 62.3 Å². The lowest BCUT2D eigenvalue weighted by Gasteiger charge is -2.27. The Kier molecular flexibility index (Phi) is 6.41. The fourth-order valence-electron chi connectivity index (χ4n) is 4.01. The molecule has 0 heterocycles. The Hall–Kier alpha value is -2.63. The summed E-state index contributed by atoms with van der Waals surface area (Å²) in [6, 6.07) is 1.83. The van der Waals surface area contributed by atoms with Gasteiger partial charge in [-0.3, -0.25) is 4.79 Å². The fraction of sp³-hybridized carbons (Fsp3) is 0.476. The topological polar surface area (TPSA) is 96.2 Å². The summed E-state index contributed by atoms with van der Waals surface area (Å²) in [6.07, 6.45) is 0.950. The van der Waals surface area contributed by atoms with Gasteiger partial charge in [-0.15, -0.1) is 0 Å². The molecule has 2 N–H and O–H groups in total. The molecule has 0 saturated carbocycles. The van der Waals surface area contributed by atoms with Crippen molar-refractivity contribution in [3.63, 3.8) is 0 Å². The van der Waals surface area contributed by atoms with Crippen molar-refractivity contribution >= 4 is 17.5 Å². The van der Waals surface area contributed by atoms with E-state index in [1.54, 1.807) is 20.8 Å². The number of ketones is 1. The van der Waals surface area contributed by atoms with E-state index in [1.807, 2.05) is 19.9 Å². The molecule has 1 unspecified atom stereocenters. The number of aromatic carboxylic acids is 1. The van der Waals surface area contributed by atoms with Gasteiger partial charge >= 0.3 is 5.97 Å². The van der Waals surface area contributed by atoms with Gasteiger partial charge in [0.15, 0.2) is 5.78 Å². The maximum atomic E-state index is 12.8. The molecule has 0 radical (unpaired) electrons. The number of oxime groups is 1. The molecular weight excluding hydrogens is 346 g/mol. The molecule has 1 aliphatic carbocycles. The van der Waals surface area contributed by atoms with Crippen molar-refractivity contribution in [2.75, 3.05) is 6.61 Å². The number of carbonyl (C=O) groups is 2. The van der Waals surface area contributed by atoms with Crippen molar-refractivity contribution in [1.29, 1.82) is 0 Å². The van der Waals surface area contributed by atoms with Crippen LogP contribution in [0.5, 0.6) is 0 Å². The quantitative estimate of drug-likeness (QED) is 0.570. The van der Waals surface area contributed by atoms with E-state index in [-0.39, 0.29) is 41.4 Å². The van der Waals surface area contributed by atoms with Crippen molar-refractivity contribution < 1.29 is 24.6 Å². The molecule has 0 saturated heterocycles. The van der Waals surface area contributed by atoms with Crippen molar-refractivity contribution in [2.24, 2.45) is 5.16 Å². The van der Waals surface area contributed by atoms with Crippen LogP contribution in [-0.2, 0) is 9.63 Å². The molecule has 0 amide bonds. The van der Waals surface area contributed by atoms with E-state index in [0.29, 0.717) is 29.9 Å². The first-order valence-electron chi connectivity index (χ1n) is 9.21. The Balaban J connectivity index is 2.50. The van der Waals surface area contributed by atoms with E-state index in [2.05, 4.69) is 5.16 Å². The summed E-state index contributed by atoms with van der Waals surface area (Å²) in [5.41, 5.74) is 4.07. The number of carbonyl (C=O) groups excluding carboxylic acids is 1. The number of carboxylic acid groups (broad SMARTS) is 1. The van der Waals surface area contributed by atoms with Crippen LogP contribution in [0.3, 0.4) is 0 Å². The predicted molar refractivity (Wildman–Crippen MR) is 104 cm³/mol. The monoisotopic (exact) mass is 373 g/mol. The van der Waals surface area contributed by atoms with Crippen molar-refractivity contribution in [1.82, 2.24) is 0 Å². The first-order chi connectivity index (χ1) is 12.7. The molecule has 0 fully saturated rings. The average molecular weight is 373 g/mol. The zero-order valence-corrected chi connectivity index (χ0v) is 16.5. The van der Waals surface area contributed by atoms with E-state index >= 15 is 0 Å². The Morgan fingerprint density at radius 2 is 1.89 bits per heavy atom. The second-order valence-electron chi connectivity index (χ2n) is 6.89. The lowest BCUT2D eigenvalue weighted by atomic mass is 9.76. The van der Waals surface area contributed by atoms with Crippen LogP contribution in [0.25, 0.3) is 0 Å². The molecule has 1 aliphatic rings. The minimum atomic E-state index is -0.981. The average Bonchev–Trinajstić information content (AvgIpc) is 2.56. The third-order valence-corrected chi connectivity index (χ3v) is 5.02. The van der Waals surface area contributed by atoms with Crippen LogP contribution in [0.2, 0.25) is 0 Å². The number of nitrogens with zero attached hydrogens (tertiary/aromatic N) is 1. The van der Waals surface area contributed by atoms with Crippen LogP contribution in [0.1, 0.15) is 71.6 Å². The van der Waals surface area contributed by atoms with Gasteiger partial charge in [0.1, 0.15) is 12.4 Å². The van der Waals surface area contributed by atoms with Gasteiger partial charge in [-0.25, -0.2) is 4.79 Å². The number of allylic oxidation sites excluding steroid dienone is 2. The summed E-state index contributed by atoms with van der Waals surface area (Å²) in [5.74, 6) is -1.44. The molecule has 0 spiro atoms. The minimum Gasteiger partial charge on any atom is -0.511 e. The van der Waals surface area contributed by atoms with Gasteiger partial charge in [0.2, 0.25) is 0 Å². The smallest absolute Gasteiger partial charge is 0.336 e. The predicted octanol–water partition coefficient (Wildman–Crippen LogP) is 4.37. The van der Waals surface area contributed by atoms with Crippen LogP contribution in [0.15, 0.2) is 22.6 Å². The van der Waals surface area contributed by atoms with Gasteiger partial charge in [-0.2, -0.15) is 0 Å². The Morgan fingerprint density at radius 1 is 1.22 bits per heavy atom. The number of Topliss-reactive ketones (excluding diaryl/α,β-unsaturated/α-hetero) is 1. The van der Waals surface area contributed by atoms with Crippen LogP contribution in [0, 0.1) is 20.8 Å². The fourth-order valence-corrected chi connectivity index (χ4v) is 4.01. The number of carboxylic acids is 1. The van der Waals surface area contributed by atoms with E-state index in [4.69, 9.17) is 4.84 Å². The standard InChI is InChI=1S/C21H27NO5/c1-6-15(22-27-7-2)20-16(23)9-14(10-17(20)24)18-11(3)8-12(4)19(13(18)5)21(25)26/h8,14,23H,6-7,9-10H2,1-5H3,(H,25,26)/b22-15-.